The molecular weight excluding hydrogens is 568 g/mol. The molecule has 0 aliphatic carbocycles. The van der Waals surface area contributed by atoms with E-state index in [4.69, 9.17) is 18.9 Å². The van der Waals surface area contributed by atoms with Gasteiger partial charge in [0.2, 0.25) is 5.75 Å². The monoisotopic (exact) mass is 608 g/mol. The van der Waals surface area contributed by atoms with E-state index in [1.54, 1.807) is 27.4 Å². The van der Waals surface area contributed by atoms with Crippen molar-refractivity contribution in [3.63, 3.8) is 0 Å². The van der Waals surface area contributed by atoms with Crippen molar-refractivity contribution in [2.24, 2.45) is 0 Å². The molecule has 0 amide bonds. The van der Waals surface area contributed by atoms with Crippen LogP contribution in [0.25, 0.3) is 11.1 Å². The Hall–Kier alpha value is -4.40. The van der Waals surface area contributed by atoms with Gasteiger partial charge in [-0.25, -0.2) is 0 Å². The quantitative estimate of drug-likeness (QED) is 0.275. The maximum Gasteiger partial charge on any atom is 0.201 e. The molecule has 4 aromatic carbocycles. The van der Waals surface area contributed by atoms with Gasteiger partial charge >= 0.3 is 0 Å². The fourth-order valence-corrected chi connectivity index (χ4v) is 7.37. The molecule has 0 radical (unpaired) electrons. The molecule has 2 atom stereocenters. The van der Waals surface area contributed by atoms with Crippen LogP contribution in [0.5, 0.6) is 40.2 Å². The van der Waals surface area contributed by atoms with E-state index < -0.39 is 0 Å². The number of phenols is 2. The van der Waals surface area contributed by atoms with E-state index in [0.717, 1.165) is 71.3 Å². The van der Waals surface area contributed by atoms with E-state index >= 15 is 0 Å². The lowest BCUT2D eigenvalue weighted by Crippen LogP contribution is -2.34. The smallest absolute Gasteiger partial charge is 0.201 e. The van der Waals surface area contributed by atoms with Gasteiger partial charge in [-0.1, -0.05) is 12.1 Å². The van der Waals surface area contributed by atoms with Crippen molar-refractivity contribution in [3.05, 3.63) is 88.0 Å². The summed E-state index contributed by atoms with van der Waals surface area (Å²) in [6.07, 6.45) is 3.06. The van der Waals surface area contributed by atoms with Crippen molar-refractivity contribution in [2.75, 3.05) is 48.5 Å². The number of hydrogen-bond acceptors (Lipinski definition) is 8. The number of fused-ring (bicyclic) bond motifs is 6. The van der Waals surface area contributed by atoms with Gasteiger partial charge in [0.25, 0.3) is 0 Å². The van der Waals surface area contributed by atoms with Crippen molar-refractivity contribution in [1.82, 2.24) is 9.80 Å². The molecule has 0 saturated carbocycles. The second-order valence-corrected chi connectivity index (χ2v) is 12.4. The highest BCUT2D eigenvalue weighted by Crippen LogP contribution is 2.51. The van der Waals surface area contributed by atoms with Crippen LogP contribution in [-0.4, -0.2) is 68.5 Å². The maximum atomic E-state index is 11.6. The Bertz CT molecular complexity index is 1790. The van der Waals surface area contributed by atoms with Crippen molar-refractivity contribution in [2.45, 2.75) is 37.8 Å². The summed E-state index contributed by atoms with van der Waals surface area (Å²) in [5, 5.41) is 22.8. The lowest BCUT2D eigenvalue weighted by atomic mass is 9.86. The third kappa shape index (κ3) is 5.02. The Labute approximate surface area is 264 Å². The Balaban J connectivity index is 1.52. The summed E-state index contributed by atoms with van der Waals surface area (Å²) >= 11 is 0. The summed E-state index contributed by atoms with van der Waals surface area (Å²) in [7, 11) is 9.14. The number of methoxy groups -OCH3 is 3. The van der Waals surface area contributed by atoms with E-state index in [0.29, 0.717) is 35.2 Å². The van der Waals surface area contributed by atoms with Gasteiger partial charge in [-0.2, -0.15) is 0 Å². The number of rotatable bonds is 3. The lowest BCUT2D eigenvalue weighted by molar-refractivity contribution is 0.220. The molecule has 45 heavy (non-hydrogen) atoms. The summed E-state index contributed by atoms with van der Waals surface area (Å²) in [5.74, 6) is 2.85. The van der Waals surface area contributed by atoms with Crippen molar-refractivity contribution in [3.8, 4) is 51.4 Å². The molecule has 7 rings (SSSR count). The molecule has 4 aromatic rings. The number of hydrogen-bond donors (Lipinski definition) is 2. The average Bonchev–Trinajstić information content (AvgIpc) is 3.05. The summed E-state index contributed by atoms with van der Waals surface area (Å²) < 4.78 is 24.1. The molecule has 8 heteroatoms. The first kappa shape index (κ1) is 29.3. The van der Waals surface area contributed by atoms with Crippen LogP contribution >= 0.6 is 0 Å². The topological polar surface area (TPSA) is 83.9 Å². The highest BCUT2D eigenvalue weighted by atomic mass is 16.5. The lowest BCUT2D eigenvalue weighted by Gasteiger charge is -2.37. The SMILES string of the molecule is COc1cc2c3cc1Oc1c(O)c(OC)cc4c1C(Cc1ccc(OC)c(c1)-c1cc(ccc1O)C[C@H]3N(C)CC2)N(C)CC4. The second-order valence-electron chi connectivity index (χ2n) is 12.4. The molecular formula is C37H40N2O6. The van der Waals surface area contributed by atoms with Crippen LogP contribution < -0.4 is 18.9 Å². The van der Waals surface area contributed by atoms with Gasteiger partial charge in [-0.15, -0.1) is 0 Å². The number of benzene rings is 4. The Morgan fingerprint density at radius 1 is 0.689 bits per heavy atom. The highest BCUT2D eigenvalue weighted by molar-refractivity contribution is 5.77. The van der Waals surface area contributed by atoms with Gasteiger partial charge in [-0.05, 0) is 110 Å². The van der Waals surface area contributed by atoms with Crippen LogP contribution in [0.15, 0.2) is 54.6 Å². The van der Waals surface area contributed by atoms with Gasteiger partial charge in [-0.3, -0.25) is 9.80 Å². The summed E-state index contributed by atoms with van der Waals surface area (Å²) in [6.45, 7) is 1.74. The molecule has 234 valence electrons. The second kappa shape index (κ2) is 11.5. The molecule has 1 unspecified atom stereocenters. The number of ether oxygens (including phenoxy) is 4. The van der Waals surface area contributed by atoms with Crippen molar-refractivity contribution in [1.29, 1.82) is 0 Å². The molecule has 0 fully saturated rings. The fourth-order valence-electron chi connectivity index (χ4n) is 7.37. The largest absolute Gasteiger partial charge is 0.507 e. The molecule has 6 bridgehead atoms. The van der Waals surface area contributed by atoms with Crippen LogP contribution in [0, 0.1) is 0 Å². The van der Waals surface area contributed by atoms with E-state index in [-0.39, 0.29) is 23.6 Å². The number of phenolic OH excluding ortho intramolecular Hbond substituents is 2. The molecule has 3 aliphatic heterocycles. The highest BCUT2D eigenvalue weighted by Gasteiger charge is 2.34. The van der Waals surface area contributed by atoms with E-state index in [9.17, 15) is 10.2 Å². The van der Waals surface area contributed by atoms with Crippen LogP contribution in [0.4, 0.5) is 0 Å². The van der Waals surface area contributed by atoms with Crippen LogP contribution in [0.2, 0.25) is 0 Å². The maximum absolute atomic E-state index is 11.6. The molecule has 8 nitrogen and oxygen atoms in total. The van der Waals surface area contributed by atoms with Crippen LogP contribution in [0.1, 0.15) is 45.5 Å². The minimum atomic E-state index is -0.0999. The van der Waals surface area contributed by atoms with Crippen molar-refractivity contribution >= 4 is 0 Å². The Morgan fingerprint density at radius 3 is 2.04 bits per heavy atom. The number of nitrogens with zero attached hydrogens (tertiary/aromatic N) is 2. The Kier molecular flexibility index (Phi) is 7.50. The van der Waals surface area contributed by atoms with Crippen LogP contribution in [0.3, 0.4) is 0 Å². The normalized spacial score (nSPS) is 19.3. The molecule has 0 aromatic heterocycles. The summed E-state index contributed by atoms with van der Waals surface area (Å²) in [4.78, 5) is 4.67. The summed E-state index contributed by atoms with van der Waals surface area (Å²) in [6, 6.07) is 18.1. The molecule has 2 N–H and O–H groups in total. The van der Waals surface area contributed by atoms with Crippen LogP contribution in [-0.2, 0) is 25.7 Å². The number of likely N-dealkylation sites (N-methyl/N-ethyl adjacent to an activating group) is 2. The van der Waals surface area contributed by atoms with E-state index in [2.05, 4.69) is 54.2 Å². The molecule has 0 spiro atoms. The minimum absolute atomic E-state index is 0.0265. The van der Waals surface area contributed by atoms with E-state index in [1.165, 1.54) is 5.56 Å². The zero-order valence-corrected chi connectivity index (χ0v) is 26.5. The molecule has 3 aliphatic rings. The minimum Gasteiger partial charge on any atom is -0.507 e. The first-order valence-electron chi connectivity index (χ1n) is 15.5. The van der Waals surface area contributed by atoms with E-state index in [1.807, 2.05) is 18.2 Å². The first-order chi connectivity index (χ1) is 21.8. The van der Waals surface area contributed by atoms with Crippen molar-refractivity contribution < 1.29 is 29.2 Å². The zero-order valence-electron chi connectivity index (χ0n) is 26.5. The predicted octanol–water partition coefficient (Wildman–Crippen LogP) is 6.44. The van der Waals surface area contributed by atoms with Gasteiger partial charge in [0, 0.05) is 41.9 Å². The van der Waals surface area contributed by atoms with Gasteiger partial charge in [0.15, 0.2) is 23.0 Å². The fraction of sp³-hybridized carbons (Fsp3) is 0.351. The van der Waals surface area contributed by atoms with Gasteiger partial charge < -0.3 is 29.2 Å². The predicted molar refractivity (Wildman–Crippen MR) is 173 cm³/mol. The third-order valence-electron chi connectivity index (χ3n) is 9.90. The van der Waals surface area contributed by atoms with Gasteiger partial charge in [0.1, 0.15) is 11.5 Å². The zero-order chi connectivity index (χ0) is 31.4. The third-order valence-corrected chi connectivity index (χ3v) is 9.90. The molecule has 0 saturated heterocycles. The Morgan fingerprint density at radius 2 is 1.31 bits per heavy atom. The standard InChI is InChI=1S/C37H40N2O6/c1-38-12-10-23-18-32(43-4)33-20-25(23)28(38)16-21-6-8-30(40)26(14-21)27-15-22(7-9-31(27)42-3)17-29-35-24(11-13-39(29)2)19-34(44-5)36(41)37(35)45-33/h6-9,14-15,18-20,28-29,40-41H,10-13,16-17H2,1-5H3/t28-,29?/m1/s1. The number of aromatic hydroxyl groups is 2. The van der Waals surface area contributed by atoms with Gasteiger partial charge in [0.05, 0.1) is 21.3 Å². The first-order valence-corrected chi connectivity index (χ1v) is 15.5. The summed E-state index contributed by atoms with van der Waals surface area (Å²) in [5.41, 5.74) is 8.16. The molecule has 3 heterocycles. The average molecular weight is 609 g/mol.